The second kappa shape index (κ2) is 3.38. The average molecular weight is 177 g/mol. The molecule has 0 amide bonds. The van der Waals surface area contributed by atoms with E-state index in [4.69, 9.17) is 10.5 Å². The summed E-state index contributed by atoms with van der Waals surface area (Å²) in [7, 11) is 1.38. The first-order chi connectivity index (χ1) is 5.63. The Hall–Kier alpha value is -1.33. The van der Waals surface area contributed by atoms with Gasteiger partial charge in [0.25, 0.3) is 12.3 Å². The largest absolute Gasteiger partial charge is 0.478 e. The van der Waals surface area contributed by atoms with Crippen LogP contribution in [0.4, 0.5) is 14.5 Å². The van der Waals surface area contributed by atoms with Crippen LogP contribution in [0.3, 0.4) is 0 Å². The summed E-state index contributed by atoms with van der Waals surface area (Å²) in [5.41, 5.74) is 5.64. The van der Waals surface area contributed by atoms with Gasteiger partial charge in [-0.25, -0.2) is 8.78 Å². The highest BCUT2D eigenvalue weighted by Gasteiger charge is 2.09. The van der Waals surface area contributed by atoms with E-state index >= 15 is 0 Å². The lowest BCUT2D eigenvalue weighted by Gasteiger charge is -1.97. The molecule has 0 fully saturated rings. The van der Waals surface area contributed by atoms with Crippen LogP contribution >= 0.6 is 0 Å². The van der Waals surface area contributed by atoms with E-state index in [0.29, 0.717) is 0 Å². The Bertz CT molecular complexity index is 261. The molecule has 1 aromatic heterocycles. The van der Waals surface area contributed by atoms with E-state index in [9.17, 15) is 8.78 Å². The molecule has 0 saturated heterocycles. The van der Waals surface area contributed by atoms with Gasteiger partial charge in [0, 0.05) is 0 Å². The predicted octanol–water partition coefficient (Wildman–Crippen LogP) is 0.739. The average Bonchev–Trinajstić information content (AvgIpc) is 2.29. The van der Waals surface area contributed by atoms with E-state index in [0.717, 1.165) is 4.68 Å². The van der Waals surface area contributed by atoms with E-state index in [2.05, 4.69) is 5.10 Å². The quantitative estimate of drug-likeness (QED) is 0.740. The number of alkyl halides is 2. The molecule has 0 unspecified atom stereocenters. The zero-order valence-electron chi connectivity index (χ0n) is 6.50. The van der Waals surface area contributed by atoms with Crippen LogP contribution in [-0.4, -0.2) is 23.3 Å². The van der Waals surface area contributed by atoms with Gasteiger partial charge in [-0.3, -0.25) is 4.68 Å². The van der Waals surface area contributed by atoms with Gasteiger partial charge in [-0.1, -0.05) is 0 Å². The van der Waals surface area contributed by atoms with Crippen molar-refractivity contribution in [3.63, 3.8) is 0 Å². The zero-order valence-corrected chi connectivity index (χ0v) is 6.50. The number of nitrogens with two attached hydrogens (primary N) is 1. The molecule has 0 aromatic carbocycles. The molecule has 0 bridgehead atoms. The normalized spacial score (nSPS) is 10.7. The Morgan fingerprint density at radius 2 is 2.42 bits per heavy atom. The topological polar surface area (TPSA) is 53.1 Å². The summed E-state index contributed by atoms with van der Waals surface area (Å²) in [6, 6.07) is 0. The van der Waals surface area contributed by atoms with E-state index in [1.807, 2.05) is 0 Å². The molecule has 1 heterocycles. The molecule has 6 heteroatoms. The summed E-state index contributed by atoms with van der Waals surface area (Å²) in [5.74, 6) is 0.177. The number of aromatic nitrogens is 2. The number of anilines is 1. The Morgan fingerprint density at radius 1 is 1.75 bits per heavy atom. The highest BCUT2D eigenvalue weighted by molar-refractivity contribution is 5.45. The predicted molar refractivity (Wildman–Crippen MR) is 39.2 cm³/mol. The first kappa shape index (κ1) is 8.76. The minimum absolute atomic E-state index is 0.177. The summed E-state index contributed by atoms with van der Waals surface area (Å²) in [4.78, 5) is 0. The van der Waals surface area contributed by atoms with Gasteiger partial charge < -0.3 is 10.5 Å². The molecule has 12 heavy (non-hydrogen) atoms. The maximum Gasteiger partial charge on any atom is 0.257 e. The fourth-order valence-corrected chi connectivity index (χ4v) is 0.813. The molecule has 0 aliphatic heterocycles. The minimum atomic E-state index is -2.44. The van der Waals surface area contributed by atoms with Crippen molar-refractivity contribution in [1.29, 1.82) is 0 Å². The molecule has 2 N–H and O–H groups in total. The van der Waals surface area contributed by atoms with Gasteiger partial charge >= 0.3 is 0 Å². The molecule has 68 valence electrons. The fourth-order valence-electron chi connectivity index (χ4n) is 0.813. The maximum absolute atomic E-state index is 11.8. The third kappa shape index (κ3) is 1.84. The van der Waals surface area contributed by atoms with Crippen LogP contribution in [0.5, 0.6) is 5.88 Å². The Kier molecular flexibility index (Phi) is 2.47. The van der Waals surface area contributed by atoms with Crippen molar-refractivity contribution in [3.8, 4) is 5.88 Å². The Balaban J connectivity index is 2.75. The molecular weight excluding hydrogens is 168 g/mol. The van der Waals surface area contributed by atoms with Gasteiger partial charge in [-0.15, -0.1) is 5.10 Å². The van der Waals surface area contributed by atoms with Crippen LogP contribution in [0.2, 0.25) is 0 Å². The summed E-state index contributed by atoms with van der Waals surface area (Å²) in [5, 5.41) is 3.66. The number of hydrogen-bond donors (Lipinski definition) is 1. The van der Waals surface area contributed by atoms with Gasteiger partial charge in [0.15, 0.2) is 0 Å². The van der Waals surface area contributed by atoms with Crippen molar-refractivity contribution < 1.29 is 13.5 Å². The minimum Gasteiger partial charge on any atom is -0.478 e. The van der Waals surface area contributed by atoms with Crippen molar-refractivity contribution in [2.45, 2.75) is 13.0 Å². The van der Waals surface area contributed by atoms with E-state index in [-0.39, 0.29) is 11.6 Å². The first-order valence-electron chi connectivity index (χ1n) is 3.28. The second-order valence-electron chi connectivity index (χ2n) is 2.21. The molecule has 0 radical (unpaired) electrons. The number of methoxy groups -OCH3 is 1. The van der Waals surface area contributed by atoms with Crippen LogP contribution in [0.1, 0.15) is 0 Å². The summed E-state index contributed by atoms with van der Waals surface area (Å²) in [6.07, 6.45) is -1.13. The van der Waals surface area contributed by atoms with Crippen molar-refractivity contribution >= 4 is 5.69 Å². The molecule has 1 aromatic rings. The van der Waals surface area contributed by atoms with Crippen molar-refractivity contribution in [3.05, 3.63) is 6.20 Å². The van der Waals surface area contributed by atoms with Gasteiger partial charge in [0.2, 0.25) is 0 Å². The maximum atomic E-state index is 11.8. The third-order valence-electron chi connectivity index (χ3n) is 1.27. The fraction of sp³-hybridized carbons (Fsp3) is 0.500. The van der Waals surface area contributed by atoms with E-state index in [1.165, 1.54) is 13.3 Å². The van der Waals surface area contributed by atoms with E-state index < -0.39 is 13.0 Å². The summed E-state index contributed by atoms with van der Waals surface area (Å²) >= 11 is 0. The van der Waals surface area contributed by atoms with Crippen LogP contribution in [-0.2, 0) is 6.54 Å². The lowest BCUT2D eigenvalue weighted by atomic mass is 10.6. The van der Waals surface area contributed by atoms with E-state index in [1.54, 1.807) is 0 Å². The lowest BCUT2D eigenvalue weighted by Crippen LogP contribution is -2.06. The number of hydrogen-bond acceptors (Lipinski definition) is 3. The molecule has 0 atom stereocenters. The van der Waals surface area contributed by atoms with Crippen LogP contribution < -0.4 is 10.5 Å². The Morgan fingerprint density at radius 3 is 2.83 bits per heavy atom. The Labute approximate surface area is 67.9 Å². The summed E-state index contributed by atoms with van der Waals surface area (Å²) in [6.45, 7) is -0.465. The molecule has 0 aliphatic carbocycles. The number of nitrogen functional groups attached to an aromatic ring is 1. The third-order valence-corrected chi connectivity index (χ3v) is 1.27. The van der Waals surface area contributed by atoms with Crippen LogP contribution in [0.25, 0.3) is 0 Å². The van der Waals surface area contributed by atoms with Crippen molar-refractivity contribution in [1.82, 2.24) is 9.78 Å². The monoisotopic (exact) mass is 177 g/mol. The zero-order chi connectivity index (χ0) is 9.14. The standard InChI is InChI=1S/C6H9F2N3O/c1-12-6-4(9)2-11(10-6)3-5(7)8/h2,5H,3,9H2,1H3. The van der Waals surface area contributed by atoms with Gasteiger partial charge in [0.1, 0.15) is 12.2 Å². The number of rotatable bonds is 3. The molecule has 4 nitrogen and oxygen atoms in total. The molecule has 0 saturated carbocycles. The molecule has 1 rings (SSSR count). The lowest BCUT2D eigenvalue weighted by molar-refractivity contribution is 0.121. The van der Waals surface area contributed by atoms with Gasteiger partial charge in [-0.05, 0) is 0 Å². The van der Waals surface area contributed by atoms with Crippen molar-refractivity contribution in [2.75, 3.05) is 12.8 Å². The second-order valence-corrected chi connectivity index (χ2v) is 2.21. The van der Waals surface area contributed by atoms with Crippen molar-refractivity contribution in [2.24, 2.45) is 0 Å². The smallest absolute Gasteiger partial charge is 0.257 e. The number of halogens is 2. The molecule has 0 spiro atoms. The van der Waals surface area contributed by atoms with Crippen LogP contribution in [0.15, 0.2) is 6.20 Å². The molecular formula is C6H9F2N3O. The van der Waals surface area contributed by atoms with Gasteiger partial charge in [0.05, 0.1) is 13.3 Å². The van der Waals surface area contributed by atoms with Crippen LogP contribution in [0, 0.1) is 0 Å². The highest BCUT2D eigenvalue weighted by Crippen LogP contribution is 2.17. The number of nitrogens with zero attached hydrogens (tertiary/aromatic N) is 2. The van der Waals surface area contributed by atoms with Gasteiger partial charge in [-0.2, -0.15) is 0 Å². The molecule has 0 aliphatic rings. The first-order valence-corrected chi connectivity index (χ1v) is 3.28. The summed E-state index contributed by atoms with van der Waals surface area (Å²) < 4.78 is 29.4. The SMILES string of the molecule is COc1nn(CC(F)F)cc1N. The number of ether oxygens (including phenoxy) is 1. The highest BCUT2D eigenvalue weighted by atomic mass is 19.3.